The van der Waals surface area contributed by atoms with Gasteiger partial charge in [-0.1, -0.05) is 197 Å². The van der Waals surface area contributed by atoms with Crippen LogP contribution in [0.4, 0.5) is 0 Å². The molecule has 0 radical (unpaired) electrons. The summed E-state index contributed by atoms with van der Waals surface area (Å²) in [6.45, 7) is 22.8. The summed E-state index contributed by atoms with van der Waals surface area (Å²) in [7, 11) is 0. The predicted octanol–water partition coefficient (Wildman–Crippen LogP) is 18.2. The van der Waals surface area contributed by atoms with Crippen molar-refractivity contribution in [3.05, 3.63) is 191 Å². The van der Waals surface area contributed by atoms with Crippen LogP contribution in [0.25, 0.3) is 83.9 Å². The smallest absolute Gasteiger partial charge is 0.148 e. The number of pyridine rings is 1. The zero-order chi connectivity index (χ0) is 53.2. The van der Waals surface area contributed by atoms with Crippen molar-refractivity contribution in [1.82, 2.24) is 14.5 Å². The molecule has 9 aromatic rings. The van der Waals surface area contributed by atoms with E-state index in [4.69, 9.17) is 11.3 Å². The quantitative estimate of drug-likeness (QED) is 0.139. The first-order valence-corrected chi connectivity index (χ1v) is 24.7. The van der Waals surface area contributed by atoms with Crippen LogP contribution in [0.1, 0.15) is 140 Å². The fraction of sp³-hybridized carbons (Fsp3) is 0.273. The van der Waals surface area contributed by atoms with Crippen LogP contribution >= 0.6 is 0 Å². The number of nitrogens with zero attached hydrogens (tertiary/aromatic N) is 3. The third-order valence-corrected chi connectivity index (χ3v) is 13.7. The van der Waals surface area contributed by atoms with Gasteiger partial charge in [0.2, 0.25) is 0 Å². The van der Waals surface area contributed by atoms with Crippen molar-refractivity contribution in [2.24, 2.45) is 0 Å². The van der Waals surface area contributed by atoms with Crippen LogP contribution in [0.15, 0.2) is 152 Å². The summed E-state index contributed by atoms with van der Waals surface area (Å²) in [5, 5.41) is 12.4. The van der Waals surface area contributed by atoms with E-state index in [0.717, 1.165) is 83.6 Å². The number of imidazole rings is 1. The molecule has 0 fully saturated rings. The Morgan fingerprint density at radius 1 is 0.606 bits per heavy atom. The molecule has 5 heteroatoms. The first-order valence-electron chi connectivity index (χ1n) is 26.7. The van der Waals surface area contributed by atoms with E-state index in [2.05, 4.69) is 148 Å². The number of hydrogen-bond donors (Lipinski definition) is 1. The molecule has 7 aromatic carbocycles. The molecule has 2 heterocycles. The van der Waals surface area contributed by atoms with E-state index < -0.39 is 12.7 Å². The first-order chi connectivity index (χ1) is 34.8. The monoisotopic (exact) mass is 1120 g/mol. The van der Waals surface area contributed by atoms with Gasteiger partial charge in [0, 0.05) is 38.4 Å². The summed E-state index contributed by atoms with van der Waals surface area (Å²) in [4.78, 5) is 10.4. The molecule has 2 aromatic heterocycles. The number of benzene rings is 7. The molecule has 71 heavy (non-hydrogen) atoms. The molecule has 0 saturated heterocycles. The number of phenolic OH excluding ortho intramolecular Hbond substituents is 1. The topological polar surface area (TPSA) is 50.9 Å². The van der Waals surface area contributed by atoms with E-state index in [1.54, 1.807) is 0 Å². The molecule has 0 spiro atoms. The summed E-state index contributed by atoms with van der Waals surface area (Å²) in [5.41, 5.74) is 16.0. The maximum absolute atomic E-state index is 12.4. The molecule has 1 N–H and O–H groups in total. The number of hydrogen-bond acceptors (Lipinski definition) is 3. The molecule has 0 aliphatic carbocycles. The van der Waals surface area contributed by atoms with Crippen LogP contribution in [0.3, 0.4) is 0 Å². The number of aromatic nitrogens is 3. The summed E-state index contributed by atoms with van der Waals surface area (Å²) < 4.78 is 38.3. The zero-order valence-corrected chi connectivity index (χ0v) is 45.5. The first kappa shape index (κ1) is 45.8. The van der Waals surface area contributed by atoms with Crippen molar-refractivity contribution in [3.63, 3.8) is 0 Å². The van der Waals surface area contributed by atoms with Crippen molar-refractivity contribution in [2.75, 3.05) is 0 Å². The second-order valence-corrected chi connectivity index (χ2v) is 21.8. The standard InChI is InChI=1S/C66H68N3O.Pt/c1-40(2)44-25-27-45(28-26-44)47-31-32-67-58(39-47)51-34-50(35-52(36-51)65(8,9)10)54-22-18-24-60-62(54)68-64(56-38-49(41(3)4)37-55(42(5)6)63(56)70)69(60)59-30-29-48(33-43(59)7)61-53(46-19-15-14-16-20-46)21-17-23-57(61)66(11,12)13;/h14-33,35-42,70H,1-13H3;/q-1;/i7D3,40D;. The Morgan fingerprint density at radius 3 is 1.96 bits per heavy atom. The molecule has 0 bridgehead atoms. The van der Waals surface area contributed by atoms with Gasteiger partial charge in [-0.2, -0.15) is 0 Å². The second kappa shape index (κ2) is 20.0. The van der Waals surface area contributed by atoms with Gasteiger partial charge in [0.25, 0.3) is 0 Å². The summed E-state index contributed by atoms with van der Waals surface area (Å²) in [6.07, 6.45) is 1.83. The van der Waals surface area contributed by atoms with Gasteiger partial charge < -0.3 is 5.11 Å². The van der Waals surface area contributed by atoms with Crippen molar-refractivity contribution >= 4 is 11.0 Å². The minimum Gasteiger partial charge on any atom is -0.507 e. The molecule has 0 saturated carbocycles. The molecule has 0 atom stereocenters. The van der Waals surface area contributed by atoms with Crippen LogP contribution in [-0.4, -0.2) is 19.6 Å². The van der Waals surface area contributed by atoms with Gasteiger partial charge >= 0.3 is 0 Å². The van der Waals surface area contributed by atoms with E-state index in [1.807, 2.05) is 97.4 Å². The van der Waals surface area contributed by atoms with E-state index in [-0.39, 0.29) is 55.0 Å². The van der Waals surface area contributed by atoms with E-state index in [1.165, 1.54) is 0 Å². The average Bonchev–Trinajstić information content (AvgIpc) is 3.74. The Morgan fingerprint density at radius 2 is 1.30 bits per heavy atom. The van der Waals surface area contributed by atoms with Crippen LogP contribution in [0.2, 0.25) is 0 Å². The van der Waals surface area contributed by atoms with Gasteiger partial charge in [-0.3, -0.25) is 9.55 Å². The van der Waals surface area contributed by atoms with E-state index >= 15 is 0 Å². The Balaban J connectivity index is 0.00000747. The summed E-state index contributed by atoms with van der Waals surface area (Å²) in [5.74, 6) is -0.0175. The fourth-order valence-corrected chi connectivity index (χ4v) is 9.64. The molecule has 4 nitrogen and oxygen atoms in total. The number of fused-ring (bicyclic) bond motifs is 1. The number of rotatable bonds is 10. The number of aromatic hydroxyl groups is 1. The molecule has 9 rings (SSSR count). The van der Waals surface area contributed by atoms with Gasteiger partial charge in [-0.05, 0) is 127 Å². The molecule has 0 aliphatic heterocycles. The SMILES string of the molecule is [2H]C([2H])([2H])c1cc(-c2c(-c3ccccc3)cccc2C(C)(C)C)ccc1-n1c(-c2cc(C(C)C)cc(C(C)C)c2O)nc2c(-c3[c-]c(-c4cc(-c5ccc(C([2H])(C)C)cc5)ccn4)cc(C(C)(C)C)c3)cccc21.[Pt]. The molecular formula is C66H68N3OPt-. The minimum absolute atomic E-state index is 0. The average molecular weight is 1120 g/mol. The summed E-state index contributed by atoms with van der Waals surface area (Å²) in [6, 6.07) is 53.0. The third-order valence-electron chi connectivity index (χ3n) is 13.7. The number of phenols is 1. The Bertz CT molecular complexity index is 3550. The minimum atomic E-state index is -2.56. The normalized spacial score (nSPS) is 13.2. The van der Waals surface area contributed by atoms with Crippen LogP contribution < -0.4 is 0 Å². The van der Waals surface area contributed by atoms with E-state index in [9.17, 15) is 9.22 Å². The van der Waals surface area contributed by atoms with Gasteiger partial charge in [-0.25, -0.2) is 4.98 Å². The van der Waals surface area contributed by atoms with Crippen LogP contribution in [0, 0.1) is 12.9 Å². The molecular weight excluding hydrogens is 1050 g/mol. The molecule has 364 valence electrons. The third kappa shape index (κ3) is 10.1. The fourth-order valence-electron chi connectivity index (χ4n) is 9.64. The predicted molar refractivity (Wildman–Crippen MR) is 296 cm³/mol. The Kier molecular flexibility index (Phi) is 12.9. The number of aryl methyl sites for hydroxylation is 1. The van der Waals surface area contributed by atoms with Crippen molar-refractivity contribution < 1.29 is 31.7 Å². The van der Waals surface area contributed by atoms with Gasteiger partial charge in [0.15, 0.2) is 0 Å². The maximum atomic E-state index is 12.4. The maximum Gasteiger partial charge on any atom is 0.148 e. The number of para-hydroxylation sites is 1. The van der Waals surface area contributed by atoms with Gasteiger partial charge in [0.05, 0.1) is 22.3 Å². The van der Waals surface area contributed by atoms with Crippen molar-refractivity contribution in [3.8, 4) is 78.6 Å². The second-order valence-electron chi connectivity index (χ2n) is 21.8. The van der Waals surface area contributed by atoms with Gasteiger partial charge in [-0.15, -0.1) is 29.3 Å². The molecule has 0 amide bonds. The molecule has 0 aliphatic rings. The van der Waals surface area contributed by atoms with Gasteiger partial charge in [0.1, 0.15) is 11.6 Å². The van der Waals surface area contributed by atoms with E-state index in [0.29, 0.717) is 28.1 Å². The van der Waals surface area contributed by atoms with Crippen molar-refractivity contribution in [2.45, 2.75) is 118 Å². The van der Waals surface area contributed by atoms with Crippen LogP contribution in [0.5, 0.6) is 5.75 Å². The Hall–Kier alpha value is -6.35. The molecule has 0 unspecified atom stereocenters. The Labute approximate surface area is 443 Å². The van der Waals surface area contributed by atoms with Crippen molar-refractivity contribution in [1.29, 1.82) is 0 Å². The zero-order valence-electron chi connectivity index (χ0n) is 47.2. The van der Waals surface area contributed by atoms with Crippen LogP contribution in [-0.2, 0) is 31.9 Å². The summed E-state index contributed by atoms with van der Waals surface area (Å²) >= 11 is 0. The largest absolute Gasteiger partial charge is 0.507 e.